The first kappa shape index (κ1) is 16.1. The van der Waals surface area contributed by atoms with Crippen LogP contribution < -0.4 is 24.3 Å². The molecule has 1 N–H and O–H groups in total. The molecule has 6 heteroatoms. The molecule has 3 rings (SSSR count). The van der Waals surface area contributed by atoms with Gasteiger partial charge in [-0.15, -0.1) is 0 Å². The van der Waals surface area contributed by atoms with Gasteiger partial charge >= 0.3 is 0 Å². The second-order valence-corrected chi connectivity index (χ2v) is 5.98. The summed E-state index contributed by atoms with van der Waals surface area (Å²) in [5.41, 5.74) is 2.08. The predicted molar refractivity (Wildman–Crippen MR) is 90.1 cm³/mol. The Morgan fingerprint density at radius 1 is 1.21 bits per heavy atom. The van der Waals surface area contributed by atoms with Crippen LogP contribution in [0.25, 0.3) is 0 Å². The molecule has 0 saturated carbocycles. The summed E-state index contributed by atoms with van der Waals surface area (Å²) in [5, 5.41) is 2.96. The second-order valence-electron chi connectivity index (χ2n) is 5.98. The van der Waals surface area contributed by atoms with Crippen LogP contribution in [-0.2, 0) is 11.3 Å². The number of carbonyl (C=O) groups excluding carboxylic acids is 1. The minimum absolute atomic E-state index is 0.0322. The molecule has 1 aromatic carbocycles. The van der Waals surface area contributed by atoms with Gasteiger partial charge in [0.25, 0.3) is 5.91 Å². The molecule has 0 aliphatic carbocycles. The first-order chi connectivity index (χ1) is 11.5. The highest BCUT2D eigenvalue weighted by molar-refractivity contribution is 5.78. The van der Waals surface area contributed by atoms with Gasteiger partial charge in [-0.3, -0.25) is 4.79 Å². The molecular weight excluding hydrogens is 306 g/mol. The Morgan fingerprint density at radius 2 is 1.92 bits per heavy atom. The standard InChI is InChI=1S/C18H21N3O3/c1-13(21-8-6-15(7-9-21)20(2)3)18(22)19-11-14-4-5-16-17(10-14)24-12-23-16/h4-10,13H,11-12H2,1-3H3/p+1/t13-/m0/s1. The number of hydrogen-bond acceptors (Lipinski definition) is 4. The monoisotopic (exact) mass is 328 g/mol. The van der Waals surface area contributed by atoms with Crippen LogP contribution in [0.2, 0.25) is 0 Å². The summed E-state index contributed by atoms with van der Waals surface area (Å²) in [6.07, 6.45) is 3.83. The van der Waals surface area contributed by atoms with Gasteiger partial charge in [-0.25, -0.2) is 0 Å². The van der Waals surface area contributed by atoms with Crippen molar-refractivity contribution in [1.82, 2.24) is 5.32 Å². The van der Waals surface area contributed by atoms with E-state index in [0.29, 0.717) is 6.54 Å². The number of rotatable bonds is 5. The maximum Gasteiger partial charge on any atom is 0.289 e. The molecule has 2 heterocycles. The van der Waals surface area contributed by atoms with Crippen molar-refractivity contribution >= 4 is 11.6 Å². The van der Waals surface area contributed by atoms with Crippen molar-refractivity contribution in [3.8, 4) is 11.5 Å². The summed E-state index contributed by atoms with van der Waals surface area (Å²) in [6.45, 7) is 2.59. The van der Waals surface area contributed by atoms with Crippen LogP contribution in [0, 0.1) is 0 Å². The molecule has 0 fully saturated rings. The maximum atomic E-state index is 12.4. The summed E-state index contributed by atoms with van der Waals surface area (Å²) in [5.74, 6) is 1.44. The minimum Gasteiger partial charge on any atom is -0.454 e. The van der Waals surface area contributed by atoms with E-state index < -0.39 is 0 Å². The highest BCUT2D eigenvalue weighted by Gasteiger charge is 2.22. The maximum absolute atomic E-state index is 12.4. The highest BCUT2D eigenvalue weighted by Crippen LogP contribution is 2.32. The molecule has 2 aromatic rings. The summed E-state index contributed by atoms with van der Waals surface area (Å²) < 4.78 is 12.5. The van der Waals surface area contributed by atoms with Crippen molar-refractivity contribution in [2.45, 2.75) is 19.5 Å². The van der Waals surface area contributed by atoms with E-state index in [1.54, 1.807) is 0 Å². The molecule has 6 nitrogen and oxygen atoms in total. The number of ether oxygens (including phenoxy) is 2. The average Bonchev–Trinajstić information content (AvgIpc) is 3.06. The quantitative estimate of drug-likeness (QED) is 0.848. The zero-order valence-electron chi connectivity index (χ0n) is 14.2. The second kappa shape index (κ2) is 6.78. The summed E-state index contributed by atoms with van der Waals surface area (Å²) in [7, 11) is 3.97. The number of benzene rings is 1. The fourth-order valence-electron chi connectivity index (χ4n) is 2.51. The van der Waals surface area contributed by atoms with Crippen LogP contribution in [0.4, 0.5) is 5.69 Å². The molecule has 1 aliphatic rings. The van der Waals surface area contributed by atoms with Gasteiger partial charge in [-0.2, -0.15) is 4.57 Å². The van der Waals surface area contributed by atoms with Crippen LogP contribution in [0.5, 0.6) is 11.5 Å². The number of hydrogen-bond donors (Lipinski definition) is 1. The molecule has 0 radical (unpaired) electrons. The number of pyridine rings is 1. The van der Waals surface area contributed by atoms with Crippen LogP contribution in [0.3, 0.4) is 0 Å². The third-order valence-electron chi connectivity index (χ3n) is 4.08. The molecule has 0 spiro atoms. The summed E-state index contributed by atoms with van der Waals surface area (Å²) in [4.78, 5) is 14.4. The third-order valence-corrected chi connectivity index (χ3v) is 4.08. The van der Waals surface area contributed by atoms with Gasteiger partial charge in [0, 0.05) is 45.4 Å². The summed E-state index contributed by atoms with van der Waals surface area (Å²) in [6, 6.07) is 9.38. The number of nitrogens with one attached hydrogen (secondary N) is 1. The van der Waals surface area contributed by atoms with Gasteiger partial charge in [0.05, 0.1) is 0 Å². The molecule has 1 amide bonds. The SMILES string of the molecule is C[C@@H](C(=O)NCc1ccc2c(c1)OCO2)[n+]1ccc(N(C)C)cc1. The highest BCUT2D eigenvalue weighted by atomic mass is 16.7. The lowest BCUT2D eigenvalue weighted by atomic mass is 10.2. The Hall–Kier alpha value is -2.76. The van der Waals surface area contributed by atoms with E-state index in [0.717, 1.165) is 22.7 Å². The van der Waals surface area contributed by atoms with Gasteiger partial charge in [0.15, 0.2) is 23.9 Å². The smallest absolute Gasteiger partial charge is 0.289 e. The van der Waals surface area contributed by atoms with E-state index in [1.807, 2.05) is 73.2 Å². The normalized spacial score (nSPS) is 13.5. The topological polar surface area (TPSA) is 54.7 Å². The molecule has 0 bridgehead atoms. The number of anilines is 1. The first-order valence-electron chi connectivity index (χ1n) is 7.89. The number of carbonyl (C=O) groups is 1. The van der Waals surface area contributed by atoms with E-state index in [-0.39, 0.29) is 18.7 Å². The number of aromatic nitrogens is 1. The average molecular weight is 328 g/mol. The lowest BCUT2D eigenvalue weighted by Gasteiger charge is -2.12. The van der Waals surface area contributed by atoms with Gasteiger partial charge in [-0.1, -0.05) is 6.07 Å². The van der Waals surface area contributed by atoms with Crippen molar-refractivity contribution < 1.29 is 18.8 Å². The van der Waals surface area contributed by atoms with Crippen LogP contribution in [0.1, 0.15) is 18.5 Å². The fourth-order valence-corrected chi connectivity index (χ4v) is 2.51. The summed E-state index contributed by atoms with van der Waals surface area (Å²) >= 11 is 0. The van der Waals surface area contributed by atoms with E-state index in [1.165, 1.54) is 0 Å². The zero-order chi connectivity index (χ0) is 17.1. The molecule has 0 unspecified atom stereocenters. The molecule has 1 aliphatic heterocycles. The van der Waals surface area contributed by atoms with Crippen molar-refractivity contribution in [3.63, 3.8) is 0 Å². The van der Waals surface area contributed by atoms with Crippen molar-refractivity contribution in [2.75, 3.05) is 25.8 Å². The van der Waals surface area contributed by atoms with Gasteiger partial charge in [0.1, 0.15) is 0 Å². The molecule has 126 valence electrons. The fraction of sp³-hybridized carbons (Fsp3) is 0.333. The lowest BCUT2D eigenvalue weighted by Crippen LogP contribution is -2.46. The number of fused-ring (bicyclic) bond motifs is 1. The zero-order valence-corrected chi connectivity index (χ0v) is 14.2. The Morgan fingerprint density at radius 3 is 2.62 bits per heavy atom. The third kappa shape index (κ3) is 3.42. The van der Waals surface area contributed by atoms with Crippen LogP contribution in [-0.4, -0.2) is 26.8 Å². The molecule has 1 atom stereocenters. The van der Waals surface area contributed by atoms with Crippen LogP contribution >= 0.6 is 0 Å². The number of amides is 1. The van der Waals surface area contributed by atoms with Crippen molar-refractivity contribution in [1.29, 1.82) is 0 Å². The van der Waals surface area contributed by atoms with E-state index in [4.69, 9.17) is 9.47 Å². The van der Waals surface area contributed by atoms with Crippen LogP contribution in [0.15, 0.2) is 42.7 Å². The Kier molecular flexibility index (Phi) is 4.55. The van der Waals surface area contributed by atoms with E-state index >= 15 is 0 Å². The molecule has 1 aromatic heterocycles. The minimum atomic E-state index is -0.282. The Labute approximate surface area is 141 Å². The first-order valence-corrected chi connectivity index (χ1v) is 7.89. The molecule has 24 heavy (non-hydrogen) atoms. The molecule has 0 saturated heterocycles. The van der Waals surface area contributed by atoms with Gasteiger partial charge in [0.2, 0.25) is 12.8 Å². The van der Waals surface area contributed by atoms with E-state index in [9.17, 15) is 4.79 Å². The molecular formula is C18H22N3O3+. The van der Waals surface area contributed by atoms with Gasteiger partial charge in [-0.05, 0) is 17.7 Å². The Bertz CT molecular complexity index is 729. The van der Waals surface area contributed by atoms with Gasteiger partial charge < -0.3 is 19.7 Å². The number of nitrogens with zero attached hydrogens (tertiary/aromatic N) is 2. The Balaban J connectivity index is 1.60. The lowest BCUT2D eigenvalue weighted by molar-refractivity contribution is -0.706. The predicted octanol–water partition coefficient (Wildman–Crippen LogP) is 1.65. The largest absolute Gasteiger partial charge is 0.454 e. The van der Waals surface area contributed by atoms with Crippen molar-refractivity contribution in [2.24, 2.45) is 0 Å². The van der Waals surface area contributed by atoms with E-state index in [2.05, 4.69) is 5.32 Å². The van der Waals surface area contributed by atoms with Crippen molar-refractivity contribution in [3.05, 3.63) is 48.3 Å².